The fourth-order valence-corrected chi connectivity index (χ4v) is 1.83. The molecule has 0 saturated heterocycles. The van der Waals surface area contributed by atoms with Gasteiger partial charge in [0.2, 0.25) is 0 Å². The van der Waals surface area contributed by atoms with Gasteiger partial charge in [0.1, 0.15) is 11.3 Å². The number of fused-ring (bicyclic) bond motifs is 1. The number of nitrogens with one attached hydrogen (secondary N) is 1. The first-order valence-corrected chi connectivity index (χ1v) is 5.45. The molecule has 0 unspecified atom stereocenters. The Morgan fingerprint density at radius 2 is 2.05 bits per heavy atom. The summed E-state index contributed by atoms with van der Waals surface area (Å²) in [4.78, 5) is 4.05. The molecule has 3 nitrogen and oxygen atoms in total. The molecule has 0 spiro atoms. The van der Waals surface area contributed by atoms with Gasteiger partial charge in [-0.3, -0.25) is 10.1 Å². The highest BCUT2D eigenvalue weighted by Crippen LogP contribution is 2.28. The minimum Gasteiger partial charge on any atom is -0.276 e. The van der Waals surface area contributed by atoms with E-state index >= 15 is 0 Å². The summed E-state index contributed by atoms with van der Waals surface area (Å²) < 4.78 is 46.1. The Hall–Kier alpha value is -2.37. The Balaban J connectivity index is 2.12. The number of aromatic amines is 1. The van der Waals surface area contributed by atoms with E-state index in [1.807, 2.05) is 0 Å². The molecule has 0 aliphatic carbocycles. The number of halogens is 3. The Morgan fingerprint density at radius 1 is 1.21 bits per heavy atom. The zero-order valence-corrected chi connectivity index (χ0v) is 9.49. The molecule has 0 atom stereocenters. The number of hydrogen-bond acceptors (Lipinski definition) is 2. The highest BCUT2D eigenvalue weighted by atomic mass is 19.3. The second-order valence-corrected chi connectivity index (χ2v) is 3.99. The van der Waals surface area contributed by atoms with Crippen molar-refractivity contribution in [2.45, 2.75) is 6.43 Å². The lowest BCUT2D eigenvalue weighted by Gasteiger charge is -2.06. The van der Waals surface area contributed by atoms with Crippen LogP contribution in [-0.4, -0.2) is 15.2 Å². The molecular weight excluding hydrogens is 255 g/mol. The average Bonchev–Trinajstić information content (AvgIpc) is 2.80. The van der Waals surface area contributed by atoms with Gasteiger partial charge in [-0.05, 0) is 23.8 Å². The predicted octanol–water partition coefficient (Wildman–Crippen LogP) is 3.70. The van der Waals surface area contributed by atoms with Gasteiger partial charge in [0.05, 0.1) is 18.6 Å². The zero-order valence-electron chi connectivity index (χ0n) is 10.5. The fraction of sp³-hybridized carbons (Fsp3) is 0.0769. The van der Waals surface area contributed by atoms with Crippen LogP contribution in [0.4, 0.5) is 13.2 Å². The Labute approximate surface area is 107 Å². The second-order valence-electron chi connectivity index (χ2n) is 3.99. The van der Waals surface area contributed by atoms with Crippen LogP contribution in [0.5, 0.6) is 0 Å². The van der Waals surface area contributed by atoms with Crippen LogP contribution in [0.3, 0.4) is 0 Å². The number of alkyl halides is 2. The minimum absolute atomic E-state index is 0.0129. The number of nitrogens with zero attached hydrogens (tertiary/aromatic N) is 2. The van der Waals surface area contributed by atoms with Crippen LogP contribution >= 0.6 is 0 Å². The third kappa shape index (κ3) is 2.05. The Bertz CT molecular complexity index is 786. The van der Waals surface area contributed by atoms with Crippen molar-refractivity contribution in [1.29, 1.82) is 0 Å². The molecule has 0 aliphatic rings. The first-order chi connectivity index (χ1) is 9.56. The molecule has 0 amide bonds. The van der Waals surface area contributed by atoms with Crippen molar-refractivity contribution < 1.29 is 14.5 Å². The molecule has 6 heteroatoms. The van der Waals surface area contributed by atoms with E-state index in [4.69, 9.17) is 1.37 Å². The summed E-state index contributed by atoms with van der Waals surface area (Å²) in [6, 6.07) is 5.14. The minimum atomic E-state index is -2.88. The lowest BCUT2D eigenvalue weighted by Crippen LogP contribution is -1.92. The van der Waals surface area contributed by atoms with Gasteiger partial charge in [-0.1, -0.05) is 6.07 Å². The van der Waals surface area contributed by atoms with Crippen molar-refractivity contribution in [3.63, 3.8) is 0 Å². The summed E-state index contributed by atoms with van der Waals surface area (Å²) in [5.74, 6) is -0.937. The molecule has 96 valence electrons. The Kier molecular flexibility index (Phi) is 2.43. The molecule has 2 heterocycles. The van der Waals surface area contributed by atoms with Crippen molar-refractivity contribution in [2.24, 2.45) is 0 Å². The van der Waals surface area contributed by atoms with E-state index in [2.05, 4.69) is 15.2 Å². The zero-order chi connectivity index (χ0) is 14.3. The predicted molar refractivity (Wildman–Crippen MR) is 64.2 cm³/mol. The van der Waals surface area contributed by atoms with Crippen molar-refractivity contribution in [1.82, 2.24) is 15.2 Å². The first-order valence-electron chi connectivity index (χ1n) is 5.95. The summed E-state index contributed by atoms with van der Waals surface area (Å²) in [6.07, 6.45) is -1.42. The number of pyridine rings is 1. The second kappa shape index (κ2) is 4.38. The van der Waals surface area contributed by atoms with E-state index in [1.54, 1.807) is 6.07 Å². The standard InChI is InChI=1S/C13H8F3N3/c14-10-2-1-7(3-9(10)13(15)16)8-4-11-12(17-5-8)6-18-19-11/h1-6,13H,(H,18,19)/i6D. The van der Waals surface area contributed by atoms with Gasteiger partial charge in [0, 0.05) is 11.8 Å². The van der Waals surface area contributed by atoms with Crippen LogP contribution in [0.2, 0.25) is 0 Å². The maximum absolute atomic E-state index is 13.3. The summed E-state index contributed by atoms with van der Waals surface area (Å²) >= 11 is 0. The van der Waals surface area contributed by atoms with E-state index in [9.17, 15) is 13.2 Å². The molecule has 3 aromatic rings. The molecule has 0 fully saturated rings. The SMILES string of the molecule is [2H]c1n[nH]c2cc(-c3ccc(F)c(C(F)F)c3)cnc12. The number of H-pyrrole nitrogens is 1. The summed E-state index contributed by atoms with van der Waals surface area (Å²) in [7, 11) is 0. The topological polar surface area (TPSA) is 41.6 Å². The summed E-state index contributed by atoms with van der Waals surface area (Å²) in [5.41, 5.74) is 1.24. The summed E-state index contributed by atoms with van der Waals surface area (Å²) in [5, 5.41) is 6.31. The number of benzene rings is 1. The van der Waals surface area contributed by atoms with Crippen LogP contribution in [-0.2, 0) is 0 Å². The monoisotopic (exact) mass is 264 g/mol. The molecule has 1 N–H and O–H groups in total. The smallest absolute Gasteiger partial charge is 0.266 e. The largest absolute Gasteiger partial charge is 0.276 e. The lowest BCUT2D eigenvalue weighted by atomic mass is 10.0. The maximum atomic E-state index is 13.3. The van der Waals surface area contributed by atoms with E-state index < -0.39 is 17.8 Å². The molecule has 0 aliphatic heterocycles. The Morgan fingerprint density at radius 3 is 2.84 bits per heavy atom. The number of hydrogen-bond donors (Lipinski definition) is 1. The molecule has 1 aromatic carbocycles. The van der Waals surface area contributed by atoms with Crippen molar-refractivity contribution >= 4 is 11.0 Å². The van der Waals surface area contributed by atoms with Gasteiger partial charge in [-0.15, -0.1) is 0 Å². The molecule has 2 aromatic heterocycles. The first kappa shape index (κ1) is 10.5. The van der Waals surface area contributed by atoms with Gasteiger partial charge >= 0.3 is 0 Å². The van der Waals surface area contributed by atoms with Crippen LogP contribution in [0.15, 0.2) is 36.6 Å². The van der Waals surface area contributed by atoms with Gasteiger partial charge in [-0.25, -0.2) is 13.2 Å². The molecule has 0 bridgehead atoms. The number of rotatable bonds is 2. The lowest BCUT2D eigenvalue weighted by molar-refractivity contribution is 0.146. The third-order valence-electron chi connectivity index (χ3n) is 2.79. The normalized spacial score (nSPS) is 12.1. The third-order valence-corrected chi connectivity index (χ3v) is 2.79. The number of aromatic nitrogens is 3. The van der Waals surface area contributed by atoms with Crippen molar-refractivity contribution in [3.8, 4) is 11.1 Å². The molecule has 0 radical (unpaired) electrons. The molecule has 0 saturated carbocycles. The van der Waals surface area contributed by atoms with Gasteiger partial charge in [0.15, 0.2) is 0 Å². The van der Waals surface area contributed by atoms with Gasteiger partial charge in [-0.2, -0.15) is 5.10 Å². The van der Waals surface area contributed by atoms with Crippen molar-refractivity contribution in [2.75, 3.05) is 0 Å². The van der Waals surface area contributed by atoms with E-state index in [0.717, 1.165) is 12.1 Å². The summed E-state index contributed by atoms with van der Waals surface area (Å²) in [6.45, 7) is 0. The van der Waals surface area contributed by atoms with E-state index in [0.29, 0.717) is 22.2 Å². The van der Waals surface area contributed by atoms with E-state index in [1.165, 1.54) is 12.3 Å². The van der Waals surface area contributed by atoms with Crippen LogP contribution < -0.4 is 0 Å². The quantitative estimate of drug-likeness (QED) is 0.766. The fourth-order valence-electron chi connectivity index (χ4n) is 1.83. The van der Waals surface area contributed by atoms with Gasteiger partial charge < -0.3 is 0 Å². The average molecular weight is 264 g/mol. The van der Waals surface area contributed by atoms with Crippen LogP contribution in [0.25, 0.3) is 22.2 Å². The molecule has 19 heavy (non-hydrogen) atoms. The highest BCUT2D eigenvalue weighted by molar-refractivity contribution is 5.79. The van der Waals surface area contributed by atoms with Crippen molar-refractivity contribution in [3.05, 3.63) is 48.0 Å². The van der Waals surface area contributed by atoms with Crippen LogP contribution in [0.1, 0.15) is 13.4 Å². The molecular formula is C13H8F3N3. The molecule has 3 rings (SSSR count). The highest BCUT2D eigenvalue weighted by Gasteiger charge is 2.14. The van der Waals surface area contributed by atoms with E-state index in [-0.39, 0.29) is 6.17 Å². The maximum Gasteiger partial charge on any atom is 0.266 e. The van der Waals surface area contributed by atoms with Gasteiger partial charge in [0.25, 0.3) is 6.43 Å². The van der Waals surface area contributed by atoms with Crippen LogP contribution in [0, 0.1) is 5.82 Å².